The van der Waals surface area contributed by atoms with Crippen molar-refractivity contribution in [2.45, 2.75) is 24.6 Å². The third kappa shape index (κ3) is 1.11. The summed E-state index contributed by atoms with van der Waals surface area (Å²) in [5.74, 6) is 1.39. The fourth-order valence-electron chi connectivity index (χ4n) is 2.33. The van der Waals surface area contributed by atoms with Gasteiger partial charge in [0.25, 0.3) is 0 Å². The zero-order chi connectivity index (χ0) is 7.90. The lowest BCUT2D eigenvalue weighted by Gasteiger charge is -2.27. The molecule has 3 atom stereocenters. The molecule has 3 unspecified atom stereocenters. The Morgan fingerprint density at radius 2 is 2.45 bits per heavy atom. The molecule has 0 aliphatic heterocycles. The number of hydrogen-bond acceptors (Lipinski definition) is 0. The van der Waals surface area contributed by atoms with Crippen molar-refractivity contribution in [3.63, 3.8) is 0 Å². The van der Waals surface area contributed by atoms with Crippen LogP contribution >= 0.6 is 23.2 Å². The standard InChI is InChI=1S/C9H12Cl2/c10-6-8(11)9-3-1-7(5-9)2-4-9/h1,3,7-8H,2,4-6H2. The van der Waals surface area contributed by atoms with Crippen molar-refractivity contribution >= 4 is 23.2 Å². The Labute approximate surface area is 77.6 Å². The first-order valence-electron chi connectivity index (χ1n) is 4.16. The zero-order valence-electron chi connectivity index (χ0n) is 6.39. The van der Waals surface area contributed by atoms with Gasteiger partial charge in [-0.15, -0.1) is 23.2 Å². The second-order valence-corrected chi connectivity index (χ2v) is 4.55. The first-order chi connectivity index (χ1) is 5.27. The largest absolute Gasteiger partial charge is 0.125 e. The lowest BCUT2D eigenvalue weighted by Crippen LogP contribution is -2.26. The first kappa shape index (κ1) is 7.94. The Morgan fingerprint density at radius 3 is 2.82 bits per heavy atom. The maximum Gasteiger partial charge on any atom is 0.0562 e. The number of allylic oxidation sites excluding steroid dienone is 2. The summed E-state index contributed by atoms with van der Waals surface area (Å²) in [6.45, 7) is 0. The molecule has 0 amide bonds. The summed E-state index contributed by atoms with van der Waals surface area (Å²) in [4.78, 5) is 0. The predicted molar refractivity (Wildman–Crippen MR) is 49.3 cm³/mol. The van der Waals surface area contributed by atoms with Gasteiger partial charge in [-0.3, -0.25) is 0 Å². The van der Waals surface area contributed by atoms with Crippen molar-refractivity contribution in [3.05, 3.63) is 12.2 Å². The fourth-order valence-corrected chi connectivity index (χ4v) is 2.91. The van der Waals surface area contributed by atoms with Crippen molar-refractivity contribution in [2.24, 2.45) is 11.3 Å². The van der Waals surface area contributed by atoms with Crippen LogP contribution in [0.2, 0.25) is 0 Å². The molecule has 1 fully saturated rings. The number of fused-ring (bicyclic) bond motifs is 2. The molecule has 0 spiro atoms. The Morgan fingerprint density at radius 1 is 1.64 bits per heavy atom. The van der Waals surface area contributed by atoms with Crippen LogP contribution in [0.1, 0.15) is 19.3 Å². The Hall–Kier alpha value is 0.320. The van der Waals surface area contributed by atoms with E-state index in [-0.39, 0.29) is 10.8 Å². The van der Waals surface area contributed by atoms with Crippen LogP contribution in [0.3, 0.4) is 0 Å². The minimum Gasteiger partial charge on any atom is -0.125 e. The predicted octanol–water partition coefficient (Wildman–Crippen LogP) is 3.19. The lowest BCUT2D eigenvalue weighted by atomic mass is 9.84. The number of hydrogen-bond donors (Lipinski definition) is 0. The molecule has 0 heterocycles. The molecule has 2 aliphatic rings. The first-order valence-corrected chi connectivity index (χ1v) is 5.13. The molecule has 0 nitrogen and oxygen atoms in total. The molecule has 0 aromatic heterocycles. The molecule has 0 N–H and O–H groups in total. The number of rotatable bonds is 2. The minimum atomic E-state index is 0.146. The van der Waals surface area contributed by atoms with Gasteiger partial charge in [-0.25, -0.2) is 0 Å². The topological polar surface area (TPSA) is 0 Å². The summed E-state index contributed by atoms with van der Waals surface area (Å²) >= 11 is 11.9. The van der Waals surface area contributed by atoms with Crippen molar-refractivity contribution in [2.75, 3.05) is 5.88 Å². The van der Waals surface area contributed by atoms with E-state index in [0.29, 0.717) is 5.88 Å². The van der Waals surface area contributed by atoms with Crippen LogP contribution < -0.4 is 0 Å². The van der Waals surface area contributed by atoms with E-state index in [2.05, 4.69) is 12.2 Å². The van der Waals surface area contributed by atoms with Gasteiger partial charge >= 0.3 is 0 Å². The molecular weight excluding hydrogens is 179 g/mol. The van der Waals surface area contributed by atoms with E-state index in [0.717, 1.165) is 5.92 Å². The quantitative estimate of drug-likeness (QED) is 0.464. The summed E-state index contributed by atoms with van der Waals surface area (Å²) in [5.41, 5.74) is 0.272. The molecule has 0 aromatic rings. The van der Waals surface area contributed by atoms with Crippen LogP contribution in [-0.2, 0) is 0 Å². The number of halogens is 2. The van der Waals surface area contributed by atoms with Crippen LogP contribution in [0.25, 0.3) is 0 Å². The molecule has 0 saturated heterocycles. The second kappa shape index (κ2) is 2.67. The monoisotopic (exact) mass is 190 g/mol. The van der Waals surface area contributed by atoms with E-state index < -0.39 is 0 Å². The van der Waals surface area contributed by atoms with E-state index in [1.807, 2.05) is 0 Å². The summed E-state index contributed by atoms with van der Waals surface area (Å²) in [6.07, 6.45) is 8.41. The zero-order valence-corrected chi connectivity index (χ0v) is 7.91. The minimum absolute atomic E-state index is 0.146. The van der Waals surface area contributed by atoms with Gasteiger partial charge in [0.1, 0.15) is 0 Å². The fraction of sp³-hybridized carbons (Fsp3) is 0.778. The van der Waals surface area contributed by atoms with E-state index >= 15 is 0 Å². The van der Waals surface area contributed by atoms with Gasteiger partial charge in [0.2, 0.25) is 0 Å². The van der Waals surface area contributed by atoms with Gasteiger partial charge in [-0.1, -0.05) is 12.2 Å². The molecule has 0 aromatic carbocycles. The third-order valence-electron chi connectivity index (χ3n) is 3.08. The van der Waals surface area contributed by atoms with E-state index in [9.17, 15) is 0 Å². The summed E-state index contributed by atoms with van der Waals surface area (Å²) in [7, 11) is 0. The molecule has 1 saturated carbocycles. The highest BCUT2D eigenvalue weighted by molar-refractivity contribution is 6.28. The van der Waals surface area contributed by atoms with Crippen LogP contribution in [0.4, 0.5) is 0 Å². The summed E-state index contributed by atoms with van der Waals surface area (Å²) in [5, 5.41) is 0.146. The molecule has 11 heavy (non-hydrogen) atoms. The van der Waals surface area contributed by atoms with Gasteiger partial charge < -0.3 is 0 Å². The SMILES string of the molecule is ClCC(Cl)C12C=CC(CC1)C2. The van der Waals surface area contributed by atoms with E-state index in [1.165, 1.54) is 19.3 Å². The summed E-state index contributed by atoms with van der Waals surface area (Å²) in [6, 6.07) is 0. The van der Waals surface area contributed by atoms with Crippen molar-refractivity contribution in [1.82, 2.24) is 0 Å². The average molecular weight is 191 g/mol. The molecule has 2 rings (SSSR count). The highest BCUT2D eigenvalue weighted by Gasteiger charge is 2.45. The molecule has 0 radical (unpaired) electrons. The van der Waals surface area contributed by atoms with Crippen LogP contribution in [-0.4, -0.2) is 11.3 Å². The van der Waals surface area contributed by atoms with Crippen molar-refractivity contribution in [3.8, 4) is 0 Å². The molecular formula is C9H12Cl2. The molecule has 2 bridgehead atoms. The van der Waals surface area contributed by atoms with E-state index in [1.54, 1.807) is 0 Å². The average Bonchev–Trinajstić information content (AvgIpc) is 2.62. The van der Waals surface area contributed by atoms with Crippen LogP contribution in [0, 0.1) is 11.3 Å². The van der Waals surface area contributed by atoms with E-state index in [4.69, 9.17) is 23.2 Å². The maximum atomic E-state index is 6.17. The smallest absolute Gasteiger partial charge is 0.0562 e. The number of alkyl halides is 2. The molecule has 2 aliphatic carbocycles. The third-order valence-corrected chi connectivity index (χ3v) is 4.14. The highest BCUT2D eigenvalue weighted by atomic mass is 35.5. The normalized spacial score (nSPS) is 43.3. The van der Waals surface area contributed by atoms with Crippen LogP contribution in [0.5, 0.6) is 0 Å². The van der Waals surface area contributed by atoms with Gasteiger partial charge in [-0.05, 0) is 25.2 Å². The van der Waals surface area contributed by atoms with Crippen LogP contribution in [0.15, 0.2) is 12.2 Å². The van der Waals surface area contributed by atoms with Crippen molar-refractivity contribution in [1.29, 1.82) is 0 Å². The highest BCUT2D eigenvalue weighted by Crippen LogP contribution is 2.52. The van der Waals surface area contributed by atoms with Gasteiger partial charge in [0, 0.05) is 11.3 Å². The van der Waals surface area contributed by atoms with Gasteiger partial charge in [-0.2, -0.15) is 0 Å². The molecule has 2 heteroatoms. The Bertz CT molecular complexity index is 188. The molecule has 62 valence electrons. The summed E-state index contributed by atoms with van der Waals surface area (Å²) < 4.78 is 0. The Balaban J connectivity index is 2.17. The maximum absolute atomic E-state index is 6.17. The second-order valence-electron chi connectivity index (χ2n) is 3.72. The van der Waals surface area contributed by atoms with Gasteiger partial charge in [0.15, 0.2) is 0 Å². The van der Waals surface area contributed by atoms with Gasteiger partial charge in [0.05, 0.1) is 5.38 Å². The Kier molecular flexibility index (Phi) is 1.93. The lowest BCUT2D eigenvalue weighted by molar-refractivity contribution is 0.398. The van der Waals surface area contributed by atoms with Crippen molar-refractivity contribution < 1.29 is 0 Å².